The Morgan fingerprint density at radius 3 is 2.03 bits per heavy atom. The molecule has 1 aromatic carbocycles. The number of hydrogen-bond donors (Lipinski definition) is 1. The third-order valence-electron chi connectivity index (χ3n) is 6.58. The summed E-state index contributed by atoms with van der Waals surface area (Å²) in [7, 11) is 6.13. The Morgan fingerprint density at radius 2 is 1.50 bits per heavy atom. The van der Waals surface area contributed by atoms with E-state index in [-0.39, 0.29) is 25.2 Å². The molecule has 1 N–H and O–H groups in total. The molecule has 1 saturated carbocycles. The fourth-order valence-electron chi connectivity index (χ4n) is 5.36. The number of carbonyl (C=O) groups excluding carboxylic acids is 2. The summed E-state index contributed by atoms with van der Waals surface area (Å²) in [5, 5.41) is 9.88. The molecular formula is C24H35NO7. The predicted octanol–water partition coefficient (Wildman–Crippen LogP) is 3.17. The molecule has 1 amide bonds. The zero-order valence-corrected chi connectivity index (χ0v) is 20.1. The standard InChI is InChI=1S/C24H35NO7/c1-22(13-23(2,20(27)28)15-24(3,14-22)21(29)32-7)19(26)25(4)11-10-16-8-9-17(30-5)18(12-16)31-6/h8-9,12H,10-11,13-15H2,1-7H3,(H,27,28)/t22-,23+,24+/m1/s1. The van der Waals surface area contributed by atoms with Gasteiger partial charge in [0.15, 0.2) is 11.5 Å². The number of hydrogen-bond acceptors (Lipinski definition) is 6. The van der Waals surface area contributed by atoms with Crippen LogP contribution in [0.15, 0.2) is 18.2 Å². The van der Waals surface area contributed by atoms with Crippen LogP contribution in [0, 0.1) is 16.2 Å². The van der Waals surface area contributed by atoms with Crippen LogP contribution in [0.1, 0.15) is 45.6 Å². The lowest BCUT2D eigenvalue weighted by molar-refractivity contribution is -0.173. The molecule has 0 bridgehead atoms. The third kappa shape index (κ3) is 5.00. The number of aliphatic carboxylic acids is 1. The zero-order valence-electron chi connectivity index (χ0n) is 20.1. The first kappa shape index (κ1) is 25.5. The van der Waals surface area contributed by atoms with E-state index >= 15 is 0 Å². The van der Waals surface area contributed by atoms with Crippen molar-refractivity contribution in [1.29, 1.82) is 0 Å². The van der Waals surface area contributed by atoms with Crippen LogP contribution in [-0.2, 0) is 25.5 Å². The van der Waals surface area contributed by atoms with Crippen LogP contribution in [-0.4, -0.2) is 62.8 Å². The monoisotopic (exact) mass is 449 g/mol. The number of likely N-dealkylation sites (N-methyl/N-ethyl adjacent to an activating group) is 1. The molecule has 1 aliphatic rings. The fraction of sp³-hybridized carbons (Fsp3) is 0.625. The van der Waals surface area contributed by atoms with Gasteiger partial charge in [-0.05, 0) is 57.2 Å². The molecule has 0 spiro atoms. The highest BCUT2D eigenvalue weighted by Crippen LogP contribution is 2.55. The van der Waals surface area contributed by atoms with E-state index < -0.39 is 28.2 Å². The first-order valence-electron chi connectivity index (χ1n) is 10.6. The Morgan fingerprint density at radius 1 is 0.938 bits per heavy atom. The fourth-order valence-corrected chi connectivity index (χ4v) is 5.36. The van der Waals surface area contributed by atoms with Crippen molar-refractivity contribution < 1.29 is 33.7 Å². The van der Waals surface area contributed by atoms with Crippen LogP contribution in [0.2, 0.25) is 0 Å². The number of carbonyl (C=O) groups is 3. The highest BCUT2D eigenvalue weighted by molar-refractivity contribution is 5.87. The van der Waals surface area contributed by atoms with Crippen LogP contribution in [0.3, 0.4) is 0 Å². The van der Waals surface area contributed by atoms with Crippen molar-refractivity contribution in [3.63, 3.8) is 0 Å². The number of nitrogens with zero attached hydrogens (tertiary/aromatic N) is 1. The molecule has 0 unspecified atom stereocenters. The van der Waals surface area contributed by atoms with Gasteiger partial charge in [0.05, 0.1) is 32.2 Å². The van der Waals surface area contributed by atoms with Crippen molar-refractivity contribution in [2.75, 3.05) is 34.9 Å². The van der Waals surface area contributed by atoms with E-state index in [0.29, 0.717) is 24.5 Å². The number of amides is 1. The van der Waals surface area contributed by atoms with Gasteiger partial charge in [-0.2, -0.15) is 0 Å². The molecule has 8 heteroatoms. The highest BCUT2D eigenvalue weighted by atomic mass is 16.5. The Hall–Kier alpha value is -2.77. The molecule has 32 heavy (non-hydrogen) atoms. The Kier molecular flexibility index (Phi) is 7.47. The lowest BCUT2D eigenvalue weighted by atomic mass is 9.54. The maximum absolute atomic E-state index is 13.5. The number of rotatable bonds is 8. The van der Waals surface area contributed by atoms with Crippen molar-refractivity contribution in [3.05, 3.63) is 23.8 Å². The zero-order chi connectivity index (χ0) is 24.3. The van der Waals surface area contributed by atoms with Gasteiger partial charge in [0.25, 0.3) is 0 Å². The van der Waals surface area contributed by atoms with Crippen molar-refractivity contribution in [2.24, 2.45) is 16.2 Å². The topological polar surface area (TPSA) is 102 Å². The third-order valence-corrected chi connectivity index (χ3v) is 6.58. The summed E-state index contributed by atoms with van der Waals surface area (Å²) >= 11 is 0. The molecule has 0 aliphatic heterocycles. The van der Waals surface area contributed by atoms with Gasteiger partial charge < -0.3 is 24.2 Å². The minimum Gasteiger partial charge on any atom is -0.493 e. The predicted molar refractivity (Wildman–Crippen MR) is 119 cm³/mol. The number of esters is 1. The summed E-state index contributed by atoms with van der Waals surface area (Å²) in [5.41, 5.74) is -2.31. The number of ether oxygens (including phenoxy) is 3. The molecule has 8 nitrogen and oxygen atoms in total. The van der Waals surface area contributed by atoms with Gasteiger partial charge >= 0.3 is 11.9 Å². The van der Waals surface area contributed by atoms with Gasteiger partial charge in [-0.3, -0.25) is 14.4 Å². The number of carboxylic acid groups (broad SMARTS) is 1. The number of benzene rings is 1. The van der Waals surface area contributed by atoms with Crippen LogP contribution >= 0.6 is 0 Å². The molecule has 3 atom stereocenters. The molecular weight excluding hydrogens is 414 g/mol. The first-order chi connectivity index (χ1) is 14.8. The minimum absolute atomic E-state index is 0.125. The second-order valence-electron chi connectivity index (χ2n) is 9.68. The average molecular weight is 450 g/mol. The van der Waals surface area contributed by atoms with Crippen molar-refractivity contribution in [2.45, 2.75) is 46.5 Å². The second-order valence-corrected chi connectivity index (χ2v) is 9.68. The molecule has 0 radical (unpaired) electrons. The van der Waals surface area contributed by atoms with Crippen LogP contribution in [0.4, 0.5) is 0 Å². The summed E-state index contributed by atoms with van der Waals surface area (Å²) in [5.74, 6) is -0.439. The van der Waals surface area contributed by atoms with Gasteiger partial charge in [0.1, 0.15) is 0 Å². The van der Waals surface area contributed by atoms with Gasteiger partial charge in [0.2, 0.25) is 5.91 Å². The lowest BCUT2D eigenvalue weighted by Gasteiger charge is -2.49. The smallest absolute Gasteiger partial charge is 0.311 e. The Bertz CT molecular complexity index is 885. The van der Waals surface area contributed by atoms with E-state index in [9.17, 15) is 19.5 Å². The molecule has 0 saturated heterocycles. The maximum atomic E-state index is 13.5. The highest BCUT2D eigenvalue weighted by Gasteiger charge is 2.58. The molecule has 178 valence electrons. The van der Waals surface area contributed by atoms with Crippen LogP contribution < -0.4 is 9.47 Å². The number of carboxylic acids is 1. The summed E-state index contributed by atoms with van der Waals surface area (Å²) in [6, 6.07) is 5.60. The molecule has 0 aromatic heterocycles. The van der Waals surface area contributed by atoms with E-state index in [2.05, 4.69) is 0 Å². The van der Waals surface area contributed by atoms with Gasteiger partial charge in [-0.25, -0.2) is 0 Å². The molecule has 0 heterocycles. The minimum atomic E-state index is -1.21. The largest absolute Gasteiger partial charge is 0.493 e. The quantitative estimate of drug-likeness (QED) is 0.608. The molecule has 1 aromatic rings. The SMILES string of the molecule is COC(=O)[C@]1(C)C[C@@](C)(C(=O)O)C[C@@](C)(C(=O)N(C)CCc2ccc(OC)c(OC)c2)C1. The van der Waals surface area contributed by atoms with Gasteiger partial charge in [-0.15, -0.1) is 0 Å². The van der Waals surface area contributed by atoms with E-state index in [1.165, 1.54) is 7.11 Å². The summed E-state index contributed by atoms with van der Waals surface area (Å²) < 4.78 is 15.6. The van der Waals surface area contributed by atoms with E-state index in [4.69, 9.17) is 14.2 Å². The molecule has 2 rings (SSSR count). The van der Waals surface area contributed by atoms with Gasteiger partial charge in [0, 0.05) is 19.0 Å². The summed E-state index contributed by atoms with van der Waals surface area (Å²) in [4.78, 5) is 39.7. The first-order valence-corrected chi connectivity index (χ1v) is 10.6. The Labute approximate surface area is 189 Å². The average Bonchev–Trinajstić information content (AvgIpc) is 2.74. The molecule has 1 aliphatic carbocycles. The Balaban J connectivity index is 2.23. The van der Waals surface area contributed by atoms with Crippen molar-refractivity contribution in [1.82, 2.24) is 4.90 Å². The van der Waals surface area contributed by atoms with Crippen LogP contribution in [0.25, 0.3) is 0 Å². The normalized spacial score (nSPS) is 27.3. The van der Waals surface area contributed by atoms with E-state index in [1.807, 2.05) is 18.2 Å². The molecule has 1 fully saturated rings. The van der Waals surface area contributed by atoms with Crippen molar-refractivity contribution >= 4 is 17.8 Å². The summed E-state index contributed by atoms with van der Waals surface area (Å²) in [6.45, 7) is 5.48. The lowest BCUT2D eigenvalue weighted by Crippen LogP contribution is -2.54. The van der Waals surface area contributed by atoms with Gasteiger partial charge in [-0.1, -0.05) is 13.0 Å². The van der Waals surface area contributed by atoms with E-state index in [1.54, 1.807) is 46.9 Å². The maximum Gasteiger partial charge on any atom is 0.311 e. The summed E-state index contributed by atoms with van der Waals surface area (Å²) in [6.07, 6.45) is 1.10. The van der Waals surface area contributed by atoms with Crippen molar-refractivity contribution in [3.8, 4) is 11.5 Å². The van der Waals surface area contributed by atoms with Crippen LogP contribution in [0.5, 0.6) is 11.5 Å². The van der Waals surface area contributed by atoms with E-state index in [0.717, 1.165) is 5.56 Å². The second kappa shape index (κ2) is 9.38. The number of methoxy groups -OCH3 is 3.